The molecule has 1 aromatic heterocycles. The number of H-pyrrole nitrogens is 1. The summed E-state index contributed by atoms with van der Waals surface area (Å²) in [6.07, 6.45) is 1.24. The van der Waals surface area contributed by atoms with Crippen molar-refractivity contribution >= 4 is 18.2 Å². The lowest BCUT2D eigenvalue weighted by Crippen LogP contribution is -2.24. The number of nitrogens with one attached hydrogen (secondary N) is 1. The molecule has 1 unspecified atom stereocenters. The first-order valence-electron chi connectivity index (χ1n) is 6.42. The van der Waals surface area contributed by atoms with Gasteiger partial charge in [0.15, 0.2) is 6.21 Å². The number of carbonyl (C=O) groups is 2. The lowest BCUT2D eigenvalue weighted by Gasteiger charge is -2.17. The second kappa shape index (κ2) is 7.41. The third-order valence-corrected chi connectivity index (χ3v) is 2.02. The van der Waals surface area contributed by atoms with Crippen LogP contribution in [0, 0.1) is 0 Å². The lowest BCUT2D eigenvalue weighted by atomic mass is 10.2. The number of esters is 2. The number of carbonyl (C=O) groups excluding carboxylic acids is 2. The summed E-state index contributed by atoms with van der Waals surface area (Å²) < 4.78 is 9.87. The first kappa shape index (κ1) is 16.7. The monoisotopic (exact) mass is 297 g/mol. The van der Waals surface area contributed by atoms with Crippen LogP contribution in [0.5, 0.6) is 0 Å². The molecule has 0 aliphatic carbocycles. The fraction of sp³-hybridized carbons (Fsp3) is 0.538. The summed E-state index contributed by atoms with van der Waals surface area (Å²) in [6, 6.07) is 1.55. The summed E-state index contributed by atoms with van der Waals surface area (Å²) in [4.78, 5) is 28.2. The third-order valence-electron chi connectivity index (χ3n) is 2.02. The minimum absolute atomic E-state index is 0.193. The van der Waals surface area contributed by atoms with Crippen molar-refractivity contribution in [2.45, 2.75) is 39.4 Å². The zero-order valence-corrected chi connectivity index (χ0v) is 12.5. The highest BCUT2D eigenvalue weighted by molar-refractivity contribution is 6.23. The van der Waals surface area contributed by atoms with Crippen LogP contribution in [0.25, 0.3) is 0 Å². The first-order chi connectivity index (χ1) is 9.83. The van der Waals surface area contributed by atoms with E-state index in [0.29, 0.717) is 5.69 Å². The Hall–Kier alpha value is -2.38. The van der Waals surface area contributed by atoms with E-state index in [4.69, 9.17) is 14.3 Å². The van der Waals surface area contributed by atoms with E-state index in [9.17, 15) is 9.59 Å². The Bertz CT molecular complexity index is 490. The smallest absolute Gasteiger partial charge is 0.356 e. The van der Waals surface area contributed by atoms with Gasteiger partial charge in [-0.2, -0.15) is 5.10 Å². The van der Waals surface area contributed by atoms with Gasteiger partial charge in [0.25, 0.3) is 6.10 Å². The second-order valence-corrected chi connectivity index (χ2v) is 5.00. The van der Waals surface area contributed by atoms with Gasteiger partial charge in [-0.25, -0.2) is 9.59 Å². The molecule has 1 heterocycles. The predicted molar refractivity (Wildman–Crippen MR) is 73.4 cm³/mol. The van der Waals surface area contributed by atoms with Crippen LogP contribution in [-0.4, -0.2) is 40.6 Å². The van der Waals surface area contributed by atoms with Crippen LogP contribution in [0.15, 0.2) is 17.4 Å². The van der Waals surface area contributed by atoms with E-state index in [1.54, 1.807) is 33.8 Å². The van der Waals surface area contributed by atoms with Crippen molar-refractivity contribution in [3.63, 3.8) is 0 Å². The van der Waals surface area contributed by atoms with Gasteiger partial charge in [-0.15, -0.1) is 0 Å². The highest BCUT2D eigenvalue weighted by Crippen LogP contribution is 2.16. The molecule has 21 heavy (non-hydrogen) atoms. The molecule has 0 fully saturated rings. The van der Waals surface area contributed by atoms with Gasteiger partial charge in [0.1, 0.15) is 11.3 Å². The van der Waals surface area contributed by atoms with Crippen LogP contribution in [-0.2, 0) is 23.9 Å². The molecule has 0 bridgehead atoms. The quantitative estimate of drug-likeness (QED) is 0.483. The Balaban J connectivity index is 2.66. The van der Waals surface area contributed by atoms with Gasteiger partial charge in [-0.3, -0.25) is 5.10 Å². The molecule has 0 saturated heterocycles. The number of nitrogens with zero attached hydrogens (tertiary/aromatic N) is 2. The molecule has 0 amide bonds. The number of hydrogen-bond donors (Lipinski definition) is 1. The normalized spacial score (nSPS) is 13.0. The number of ether oxygens (including phenoxy) is 2. The topological polar surface area (TPSA) is 103 Å². The lowest BCUT2D eigenvalue weighted by molar-refractivity contribution is -0.158. The van der Waals surface area contributed by atoms with Crippen molar-refractivity contribution in [2.75, 3.05) is 6.61 Å². The van der Waals surface area contributed by atoms with Crippen LogP contribution in [0.3, 0.4) is 0 Å². The highest BCUT2D eigenvalue weighted by Gasteiger charge is 2.26. The standard InChI is InChI=1S/C13H19N3O5/c1-5-19-12(18)11(9-6-7-14-16-9)21-15-8-10(17)20-13(2,3)4/h6-8,11H,5H2,1-4H3,(H,14,16). The Labute approximate surface area is 122 Å². The fourth-order valence-corrected chi connectivity index (χ4v) is 1.32. The molecule has 8 heteroatoms. The Kier molecular flexibility index (Phi) is 5.89. The molecule has 0 radical (unpaired) electrons. The van der Waals surface area contributed by atoms with Gasteiger partial charge >= 0.3 is 11.9 Å². The van der Waals surface area contributed by atoms with Gasteiger partial charge in [0.05, 0.1) is 6.61 Å². The van der Waals surface area contributed by atoms with Crippen LogP contribution in [0.1, 0.15) is 39.5 Å². The summed E-state index contributed by atoms with van der Waals surface area (Å²) in [5.74, 6) is -1.32. The number of aromatic nitrogens is 2. The van der Waals surface area contributed by atoms with Crippen molar-refractivity contribution in [1.82, 2.24) is 10.2 Å². The summed E-state index contributed by atoms with van der Waals surface area (Å²) in [7, 11) is 0. The van der Waals surface area contributed by atoms with Crippen molar-refractivity contribution in [2.24, 2.45) is 5.16 Å². The van der Waals surface area contributed by atoms with Crippen molar-refractivity contribution in [3.05, 3.63) is 18.0 Å². The first-order valence-corrected chi connectivity index (χ1v) is 6.42. The number of rotatable bonds is 6. The van der Waals surface area contributed by atoms with Crippen LogP contribution in [0.4, 0.5) is 0 Å². The zero-order valence-electron chi connectivity index (χ0n) is 12.5. The maximum atomic E-state index is 11.8. The van der Waals surface area contributed by atoms with E-state index in [0.717, 1.165) is 6.21 Å². The highest BCUT2D eigenvalue weighted by atomic mass is 16.7. The minimum atomic E-state index is -1.14. The summed E-state index contributed by atoms with van der Waals surface area (Å²) in [5.41, 5.74) is -0.332. The molecular formula is C13H19N3O5. The maximum Gasteiger partial charge on any atom is 0.356 e. The molecule has 0 aliphatic heterocycles. The molecule has 0 aromatic carbocycles. The van der Waals surface area contributed by atoms with Crippen LogP contribution < -0.4 is 0 Å². The molecule has 8 nitrogen and oxygen atoms in total. The van der Waals surface area contributed by atoms with E-state index < -0.39 is 23.6 Å². The van der Waals surface area contributed by atoms with Crippen molar-refractivity contribution < 1.29 is 23.9 Å². The fourth-order valence-electron chi connectivity index (χ4n) is 1.32. The Morgan fingerprint density at radius 1 is 1.48 bits per heavy atom. The molecule has 1 N–H and O–H groups in total. The van der Waals surface area contributed by atoms with E-state index >= 15 is 0 Å². The zero-order chi connectivity index (χ0) is 15.9. The maximum absolute atomic E-state index is 11.8. The van der Waals surface area contributed by atoms with Gasteiger partial charge in [0.2, 0.25) is 0 Å². The van der Waals surface area contributed by atoms with Crippen LogP contribution >= 0.6 is 0 Å². The molecule has 0 aliphatic rings. The molecule has 1 rings (SSSR count). The summed E-state index contributed by atoms with van der Waals surface area (Å²) >= 11 is 0. The molecule has 0 spiro atoms. The van der Waals surface area contributed by atoms with E-state index in [1.165, 1.54) is 6.20 Å². The molecular weight excluding hydrogens is 278 g/mol. The molecule has 1 aromatic rings. The Morgan fingerprint density at radius 3 is 2.71 bits per heavy atom. The van der Waals surface area contributed by atoms with E-state index in [-0.39, 0.29) is 6.61 Å². The van der Waals surface area contributed by atoms with Gasteiger partial charge in [-0.1, -0.05) is 5.16 Å². The molecule has 116 valence electrons. The number of oxime groups is 1. The molecule has 0 saturated carbocycles. The Morgan fingerprint density at radius 2 is 2.19 bits per heavy atom. The van der Waals surface area contributed by atoms with Crippen molar-refractivity contribution in [1.29, 1.82) is 0 Å². The largest absolute Gasteiger partial charge is 0.463 e. The number of aromatic amines is 1. The molecule has 1 atom stereocenters. The predicted octanol–water partition coefficient (Wildman–Crippen LogP) is 1.36. The second-order valence-electron chi connectivity index (χ2n) is 5.00. The SMILES string of the molecule is CCOC(=O)C(ON=CC(=O)OC(C)(C)C)c1cc[nH]n1. The minimum Gasteiger partial charge on any atom is -0.463 e. The van der Waals surface area contributed by atoms with Crippen molar-refractivity contribution in [3.8, 4) is 0 Å². The third kappa shape index (κ3) is 6.07. The van der Waals surface area contributed by atoms with Gasteiger partial charge in [0, 0.05) is 6.20 Å². The average molecular weight is 297 g/mol. The average Bonchev–Trinajstić information content (AvgIpc) is 2.86. The van der Waals surface area contributed by atoms with E-state index in [2.05, 4.69) is 15.4 Å². The van der Waals surface area contributed by atoms with Gasteiger partial charge in [-0.05, 0) is 33.8 Å². The van der Waals surface area contributed by atoms with Gasteiger partial charge < -0.3 is 14.3 Å². The summed E-state index contributed by atoms with van der Waals surface area (Å²) in [5, 5.41) is 9.85. The van der Waals surface area contributed by atoms with E-state index in [1.807, 2.05) is 0 Å². The summed E-state index contributed by atoms with van der Waals surface area (Å²) in [6.45, 7) is 7.04. The number of hydrogen-bond acceptors (Lipinski definition) is 7. The van der Waals surface area contributed by atoms with Crippen LogP contribution in [0.2, 0.25) is 0 Å².